The number of nitrogens with one attached hydrogen (secondary N) is 1. The quantitative estimate of drug-likeness (QED) is 0.709. The van der Waals surface area contributed by atoms with Gasteiger partial charge in [0.05, 0.1) is 11.5 Å². The second-order valence-electron chi connectivity index (χ2n) is 4.53. The minimum atomic E-state index is -3.76. The number of rotatable bonds is 6. The Kier molecular flexibility index (Phi) is 5.22. The third-order valence-corrected chi connectivity index (χ3v) is 5.65. The summed E-state index contributed by atoms with van der Waals surface area (Å²) in [4.78, 5) is 11.5. The van der Waals surface area contributed by atoms with E-state index in [0.29, 0.717) is 21.5 Å². The van der Waals surface area contributed by atoms with Crippen LogP contribution in [-0.4, -0.2) is 27.5 Å². The summed E-state index contributed by atoms with van der Waals surface area (Å²) in [5, 5.41) is 0. The van der Waals surface area contributed by atoms with Gasteiger partial charge in [0.1, 0.15) is 6.54 Å². The largest absolute Gasteiger partial charge is 0.464 e. The van der Waals surface area contributed by atoms with Gasteiger partial charge < -0.3 is 4.74 Å². The number of benzene rings is 1. The van der Waals surface area contributed by atoms with Gasteiger partial charge in [-0.05, 0) is 52.9 Å². The molecule has 2 rings (SSSR count). The molecule has 0 atom stereocenters. The van der Waals surface area contributed by atoms with Gasteiger partial charge in [-0.3, -0.25) is 4.79 Å². The maximum Gasteiger partial charge on any atom is 0.321 e. The first-order chi connectivity index (χ1) is 9.38. The minimum absolute atomic E-state index is 0.0712. The highest BCUT2D eigenvalue weighted by Crippen LogP contribution is 2.28. The molecule has 0 radical (unpaired) electrons. The van der Waals surface area contributed by atoms with Gasteiger partial charge in [0.25, 0.3) is 0 Å². The first kappa shape index (κ1) is 15.9. The van der Waals surface area contributed by atoms with Gasteiger partial charge >= 0.3 is 5.97 Å². The fourth-order valence-electron chi connectivity index (χ4n) is 1.46. The third-order valence-electron chi connectivity index (χ3n) is 2.77. The number of sulfonamides is 1. The lowest BCUT2D eigenvalue weighted by atomic mass is 10.4. The second kappa shape index (κ2) is 6.55. The Labute approximate surface area is 134 Å². The minimum Gasteiger partial charge on any atom is -0.464 e. The summed E-state index contributed by atoms with van der Waals surface area (Å²) in [6.07, 6.45) is 2.15. The Morgan fingerprint density at radius 3 is 2.70 bits per heavy atom. The molecule has 8 heteroatoms. The van der Waals surface area contributed by atoms with Crippen LogP contribution in [0.3, 0.4) is 0 Å². The lowest BCUT2D eigenvalue weighted by molar-refractivity contribution is -0.142. The number of hydrogen-bond acceptors (Lipinski definition) is 4. The zero-order chi connectivity index (χ0) is 14.8. The topological polar surface area (TPSA) is 72.5 Å². The predicted octanol–water partition coefficient (Wildman–Crippen LogP) is 2.44. The number of esters is 1. The van der Waals surface area contributed by atoms with Crippen molar-refractivity contribution in [2.45, 2.75) is 17.7 Å². The standard InChI is InChI=1S/C12H13Br2NO4S/c13-9-3-4-10(14)11(5-9)20(17,18)15-6-12(16)19-7-8-1-2-8/h3-5,8,15H,1-2,6-7H2. The van der Waals surface area contributed by atoms with Crippen molar-refractivity contribution in [1.82, 2.24) is 4.72 Å². The van der Waals surface area contributed by atoms with E-state index in [1.165, 1.54) is 6.07 Å². The molecule has 1 fully saturated rings. The Morgan fingerprint density at radius 1 is 1.35 bits per heavy atom. The van der Waals surface area contributed by atoms with Crippen molar-refractivity contribution in [3.05, 3.63) is 27.1 Å². The van der Waals surface area contributed by atoms with Gasteiger partial charge in [-0.2, -0.15) is 4.72 Å². The highest BCUT2D eigenvalue weighted by Gasteiger charge is 2.24. The molecule has 1 aromatic carbocycles. The van der Waals surface area contributed by atoms with E-state index in [9.17, 15) is 13.2 Å². The highest BCUT2D eigenvalue weighted by atomic mass is 79.9. The van der Waals surface area contributed by atoms with Gasteiger partial charge in [0.15, 0.2) is 0 Å². The first-order valence-corrected chi connectivity index (χ1v) is 9.06. The summed E-state index contributed by atoms with van der Waals surface area (Å²) >= 11 is 6.39. The Balaban J connectivity index is 1.95. The summed E-state index contributed by atoms with van der Waals surface area (Å²) in [5.74, 6) is -0.110. The van der Waals surface area contributed by atoms with Gasteiger partial charge in [-0.15, -0.1) is 0 Å². The molecule has 1 N–H and O–H groups in total. The smallest absolute Gasteiger partial charge is 0.321 e. The monoisotopic (exact) mass is 425 g/mol. The maximum atomic E-state index is 12.1. The van der Waals surface area contributed by atoms with Crippen molar-refractivity contribution in [1.29, 1.82) is 0 Å². The molecule has 0 spiro atoms. The molecule has 110 valence electrons. The number of halogens is 2. The van der Waals surface area contributed by atoms with E-state index in [2.05, 4.69) is 36.6 Å². The Morgan fingerprint density at radius 2 is 2.05 bits per heavy atom. The molecule has 1 aliphatic carbocycles. The molecule has 0 amide bonds. The van der Waals surface area contributed by atoms with Crippen molar-refractivity contribution in [3.8, 4) is 0 Å². The van der Waals surface area contributed by atoms with Gasteiger partial charge in [0, 0.05) is 8.95 Å². The fourth-order valence-corrected chi connectivity index (χ4v) is 3.93. The molecule has 0 bridgehead atoms. The van der Waals surface area contributed by atoms with E-state index in [-0.39, 0.29) is 11.4 Å². The zero-order valence-electron chi connectivity index (χ0n) is 10.4. The van der Waals surface area contributed by atoms with Crippen LogP contribution in [0.2, 0.25) is 0 Å². The van der Waals surface area contributed by atoms with Crippen molar-refractivity contribution in [2.24, 2.45) is 5.92 Å². The molecule has 0 aliphatic heterocycles. The Hall–Kier alpha value is -0.440. The van der Waals surface area contributed by atoms with Crippen LogP contribution in [0.5, 0.6) is 0 Å². The van der Waals surface area contributed by atoms with E-state index in [4.69, 9.17) is 4.74 Å². The molecule has 5 nitrogen and oxygen atoms in total. The van der Waals surface area contributed by atoms with E-state index < -0.39 is 16.0 Å². The van der Waals surface area contributed by atoms with Gasteiger partial charge in [-0.1, -0.05) is 15.9 Å². The van der Waals surface area contributed by atoms with E-state index >= 15 is 0 Å². The molecule has 20 heavy (non-hydrogen) atoms. The summed E-state index contributed by atoms with van der Waals surface area (Å²) in [5.41, 5.74) is 0. The lowest BCUT2D eigenvalue weighted by Gasteiger charge is -2.09. The number of hydrogen-bond donors (Lipinski definition) is 1. The normalized spacial score (nSPS) is 15.1. The van der Waals surface area contributed by atoms with Crippen LogP contribution in [0.1, 0.15) is 12.8 Å². The molecule has 0 unspecified atom stereocenters. The van der Waals surface area contributed by atoms with Crippen LogP contribution >= 0.6 is 31.9 Å². The zero-order valence-corrected chi connectivity index (χ0v) is 14.4. The van der Waals surface area contributed by atoms with E-state index in [1.807, 2.05) is 0 Å². The van der Waals surface area contributed by atoms with Crippen LogP contribution in [0.25, 0.3) is 0 Å². The summed E-state index contributed by atoms with van der Waals surface area (Å²) in [6.45, 7) is 0.00907. The molecule has 0 saturated heterocycles. The number of carbonyl (C=O) groups excluding carboxylic acids is 1. The Bertz CT molecular complexity index is 614. The third kappa shape index (κ3) is 4.54. The fraction of sp³-hybridized carbons (Fsp3) is 0.417. The van der Waals surface area contributed by atoms with Crippen molar-refractivity contribution in [2.75, 3.05) is 13.2 Å². The lowest BCUT2D eigenvalue weighted by Crippen LogP contribution is -2.31. The average molecular weight is 427 g/mol. The average Bonchev–Trinajstić information content (AvgIpc) is 3.21. The van der Waals surface area contributed by atoms with E-state index in [1.54, 1.807) is 12.1 Å². The van der Waals surface area contributed by atoms with Crippen molar-refractivity contribution >= 4 is 47.9 Å². The van der Waals surface area contributed by atoms with Crippen LogP contribution in [0, 0.1) is 5.92 Å². The van der Waals surface area contributed by atoms with Crippen molar-refractivity contribution < 1.29 is 17.9 Å². The molecule has 1 aliphatic rings. The second-order valence-corrected chi connectivity index (χ2v) is 8.03. The first-order valence-electron chi connectivity index (χ1n) is 5.99. The molecule has 0 heterocycles. The highest BCUT2D eigenvalue weighted by molar-refractivity contribution is 9.11. The van der Waals surface area contributed by atoms with Gasteiger partial charge in [0.2, 0.25) is 10.0 Å². The predicted molar refractivity (Wildman–Crippen MR) is 80.7 cm³/mol. The van der Waals surface area contributed by atoms with Crippen LogP contribution in [0.15, 0.2) is 32.0 Å². The van der Waals surface area contributed by atoms with Crippen molar-refractivity contribution in [3.63, 3.8) is 0 Å². The number of carbonyl (C=O) groups is 1. The molecule has 1 saturated carbocycles. The summed E-state index contributed by atoms with van der Waals surface area (Å²) < 4.78 is 32.4. The molecular formula is C12H13Br2NO4S. The van der Waals surface area contributed by atoms with Crippen LogP contribution in [-0.2, 0) is 19.6 Å². The van der Waals surface area contributed by atoms with E-state index in [0.717, 1.165) is 12.8 Å². The molecule has 1 aromatic rings. The summed E-state index contributed by atoms with van der Waals surface area (Å²) in [6, 6.07) is 4.79. The number of ether oxygens (including phenoxy) is 1. The summed E-state index contributed by atoms with van der Waals surface area (Å²) in [7, 11) is -3.76. The SMILES string of the molecule is O=C(CNS(=O)(=O)c1cc(Br)ccc1Br)OCC1CC1. The maximum absolute atomic E-state index is 12.1. The molecular weight excluding hydrogens is 414 g/mol. The van der Waals surface area contributed by atoms with Gasteiger partial charge in [-0.25, -0.2) is 8.42 Å². The van der Waals surface area contributed by atoms with Crippen LogP contribution in [0.4, 0.5) is 0 Å². The van der Waals surface area contributed by atoms with Crippen LogP contribution < -0.4 is 4.72 Å². The molecule has 0 aromatic heterocycles.